The van der Waals surface area contributed by atoms with E-state index < -0.39 is 0 Å². The van der Waals surface area contributed by atoms with Crippen LogP contribution in [0.2, 0.25) is 0 Å². The Morgan fingerprint density at radius 3 is 2.71 bits per heavy atom. The summed E-state index contributed by atoms with van der Waals surface area (Å²) in [6, 6.07) is 0. The second kappa shape index (κ2) is 8.30. The van der Waals surface area contributed by atoms with Crippen molar-refractivity contribution in [2.75, 3.05) is 6.54 Å². The Morgan fingerprint density at radius 1 is 1.43 bits per heavy atom. The van der Waals surface area contributed by atoms with E-state index in [9.17, 15) is 4.79 Å². The highest BCUT2D eigenvalue weighted by atomic mass is 16.1. The monoisotopic (exact) mass is 193 g/mol. The van der Waals surface area contributed by atoms with Crippen LogP contribution in [-0.2, 0) is 4.79 Å². The van der Waals surface area contributed by atoms with Gasteiger partial charge in [-0.2, -0.15) is 0 Å². The largest absolute Gasteiger partial charge is 0.391 e. The van der Waals surface area contributed by atoms with Crippen LogP contribution in [0.1, 0.15) is 26.7 Å². The molecule has 0 radical (unpaired) electrons. The molecular formula is C12H19NO. The molecular weight excluding hydrogens is 174 g/mol. The average molecular weight is 193 g/mol. The van der Waals surface area contributed by atoms with Gasteiger partial charge in [0.25, 0.3) is 0 Å². The van der Waals surface area contributed by atoms with E-state index in [0.29, 0.717) is 6.42 Å². The van der Waals surface area contributed by atoms with Gasteiger partial charge in [-0.25, -0.2) is 0 Å². The van der Waals surface area contributed by atoms with Crippen molar-refractivity contribution in [2.24, 2.45) is 0 Å². The van der Waals surface area contributed by atoms with Crippen LogP contribution < -0.4 is 5.32 Å². The maximum Gasteiger partial charge on any atom is 0.129 e. The minimum Gasteiger partial charge on any atom is -0.391 e. The number of Topliss-reactive ketones (excluding diaryl/α,β-unsaturated/α-hetero) is 1. The van der Waals surface area contributed by atoms with Crippen molar-refractivity contribution in [1.29, 1.82) is 0 Å². The number of rotatable bonds is 7. The van der Waals surface area contributed by atoms with Crippen molar-refractivity contribution in [3.8, 4) is 0 Å². The van der Waals surface area contributed by atoms with Gasteiger partial charge in [-0.3, -0.25) is 0 Å². The van der Waals surface area contributed by atoms with E-state index in [1.807, 2.05) is 25.3 Å². The molecule has 14 heavy (non-hydrogen) atoms. The molecule has 1 N–H and O–H groups in total. The SMILES string of the molecule is C=C/C=C(C)\C=C/NCCCC(C)=O. The van der Waals surface area contributed by atoms with Gasteiger partial charge in [-0.05, 0) is 38.1 Å². The Hall–Kier alpha value is -1.31. The molecule has 0 aliphatic rings. The fourth-order valence-electron chi connectivity index (χ4n) is 0.955. The Bertz CT molecular complexity index is 239. The molecule has 0 bridgehead atoms. The average Bonchev–Trinajstić information content (AvgIpc) is 2.11. The topological polar surface area (TPSA) is 29.1 Å². The van der Waals surface area contributed by atoms with Gasteiger partial charge in [0.1, 0.15) is 5.78 Å². The molecule has 0 aliphatic carbocycles. The van der Waals surface area contributed by atoms with Crippen molar-refractivity contribution >= 4 is 5.78 Å². The number of ketones is 1. The van der Waals surface area contributed by atoms with Gasteiger partial charge in [0.05, 0.1) is 0 Å². The smallest absolute Gasteiger partial charge is 0.129 e. The molecule has 0 fully saturated rings. The first kappa shape index (κ1) is 12.7. The van der Waals surface area contributed by atoms with Gasteiger partial charge in [0.15, 0.2) is 0 Å². The minimum atomic E-state index is 0.249. The highest BCUT2D eigenvalue weighted by molar-refractivity contribution is 5.75. The number of carbonyl (C=O) groups excluding carboxylic acids is 1. The molecule has 0 aromatic heterocycles. The van der Waals surface area contributed by atoms with Crippen molar-refractivity contribution in [1.82, 2.24) is 5.32 Å². The summed E-state index contributed by atoms with van der Waals surface area (Å²) in [6.07, 6.45) is 9.13. The highest BCUT2D eigenvalue weighted by Gasteiger charge is 1.90. The van der Waals surface area contributed by atoms with Crippen molar-refractivity contribution in [2.45, 2.75) is 26.7 Å². The predicted molar refractivity (Wildman–Crippen MR) is 61.0 cm³/mol. The molecule has 0 heterocycles. The summed E-state index contributed by atoms with van der Waals surface area (Å²) in [4.78, 5) is 10.6. The number of hydrogen-bond acceptors (Lipinski definition) is 2. The Morgan fingerprint density at radius 2 is 2.14 bits per heavy atom. The van der Waals surface area contributed by atoms with Gasteiger partial charge in [0.2, 0.25) is 0 Å². The van der Waals surface area contributed by atoms with E-state index in [0.717, 1.165) is 18.5 Å². The molecule has 0 amide bonds. The predicted octanol–water partition coefficient (Wildman–Crippen LogP) is 2.59. The zero-order valence-electron chi connectivity index (χ0n) is 9.05. The van der Waals surface area contributed by atoms with Crippen LogP contribution in [0.4, 0.5) is 0 Å². The molecule has 0 saturated heterocycles. The van der Waals surface area contributed by atoms with Crippen LogP contribution in [-0.4, -0.2) is 12.3 Å². The fourth-order valence-corrected chi connectivity index (χ4v) is 0.955. The zero-order valence-corrected chi connectivity index (χ0v) is 9.05. The third kappa shape index (κ3) is 8.78. The summed E-state index contributed by atoms with van der Waals surface area (Å²) in [5.41, 5.74) is 1.15. The quantitative estimate of drug-likeness (QED) is 0.497. The molecule has 0 spiro atoms. The summed E-state index contributed by atoms with van der Waals surface area (Å²) < 4.78 is 0. The van der Waals surface area contributed by atoms with Gasteiger partial charge < -0.3 is 10.1 Å². The summed E-state index contributed by atoms with van der Waals surface area (Å²) in [5, 5.41) is 3.12. The van der Waals surface area contributed by atoms with Crippen LogP contribution in [0.25, 0.3) is 0 Å². The van der Waals surface area contributed by atoms with Crippen molar-refractivity contribution in [3.05, 3.63) is 36.6 Å². The van der Waals surface area contributed by atoms with Gasteiger partial charge >= 0.3 is 0 Å². The summed E-state index contributed by atoms with van der Waals surface area (Å²) in [5.74, 6) is 0.249. The Balaban J connectivity index is 3.49. The molecule has 0 aromatic rings. The fraction of sp³-hybridized carbons (Fsp3) is 0.417. The first-order valence-electron chi connectivity index (χ1n) is 4.85. The third-order valence-electron chi connectivity index (χ3n) is 1.69. The lowest BCUT2D eigenvalue weighted by molar-refractivity contribution is -0.117. The number of allylic oxidation sites excluding steroid dienone is 4. The standard InChI is InChI=1S/C12H19NO/c1-4-6-11(2)8-10-13-9-5-7-12(3)14/h4,6,8,10,13H,1,5,7,9H2,2-3H3/b10-8-,11-6-. The van der Waals surface area contributed by atoms with Crippen LogP contribution in [0.5, 0.6) is 0 Å². The van der Waals surface area contributed by atoms with Gasteiger partial charge in [-0.1, -0.05) is 18.7 Å². The molecule has 0 aromatic carbocycles. The second-order valence-electron chi connectivity index (χ2n) is 3.24. The molecule has 0 unspecified atom stereocenters. The molecule has 0 rings (SSSR count). The van der Waals surface area contributed by atoms with Crippen LogP contribution in [0.3, 0.4) is 0 Å². The Labute approximate surface area is 86.4 Å². The summed E-state index contributed by atoms with van der Waals surface area (Å²) in [7, 11) is 0. The first-order chi connectivity index (χ1) is 6.66. The van der Waals surface area contributed by atoms with Crippen molar-refractivity contribution < 1.29 is 4.79 Å². The normalized spacial score (nSPS) is 11.7. The number of hydrogen-bond donors (Lipinski definition) is 1. The van der Waals surface area contributed by atoms with E-state index >= 15 is 0 Å². The molecule has 78 valence electrons. The maximum absolute atomic E-state index is 10.6. The molecule has 2 nitrogen and oxygen atoms in total. The van der Waals surface area contributed by atoms with E-state index in [1.54, 1.807) is 13.0 Å². The number of nitrogens with one attached hydrogen (secondary N) is 1. The lowest BCUT2D eigenvalue weighted by Crippen LogP contribution is -2.08. The van der Waals surface area contributed by atoms with Crippen LogP contribution in [0.15, 0.2) is 36.6 Å². The first-order valence-corrected chi connectivity index (χ1v) is 4.85. The van der Waals surface area contributed by atoms with Crippen molar-refractivity contribution in [3.63, 3.8) is 0 Å². The molecule has 0 aliphatic heterocycles. The minimum absolute atomic E-state index is 0.249. The van der Waals surface area contributed by atoms with Gasteiger partial charge in [-0.15, -0.1) is 0 Å². The highest BCUT2D eigenvalue weighted by Crippen LogP contribution is 1.93. The van der Waals surface area contributed by atoms with Gasteiger partial charge in [0, 0.05) is 13.0 Å². The zero-order chi connectivity index (χ0) is 10.8. The van der Waals surface area contributed by atoms with E-state index in [-0.39, 0.29) is 5.78 Å². The van der Waals surface area contributed by atoms with E-state index in [1.165, 1.54) is 0 Å². The Kier molecular flexibility index (Phi) is 7.52. The summed E-state index contributed by atoms with van der Waals surface area (Å²) in [6.45, 7) is 8.08. The summed E-state index contributed by atoms with van der Waals surface area (Å²) >= 11 is 0. The van der Waals surface area contributed by atoms with E-state index in [2.05, 4.69) is 11.9 Å². The molecule has 0 saturated carbocycles. The third-order valence-corrected chi connectivity index (χ3v) is 1.69. The molecule has 0 atom stereocenters. The number of carbonyl (C=O) groups is 1. The maximum atomic E-state index is 10.6. The molecule has 2 heteroatoms. The lowest BCUT2D eigenvalue weighted by atomic mass is 10.2. The van der Waals surface area contributed by atoms with E-state index in [4.69, 9.17) is 0 Å². The second-order valence-corrected chi connectivity index (χ2v) is 3.24. The van der Waals surface area contributed by atoms with Crippen LogP contribution in [0, 0.1) is 0 Å². The van der Waals surface area contributed by atoms with Crippen LogP contribution >= 0.6 is 0 Å². The lowest BCUT2D eigenvalue weighted by Gasteiger charge is -1.98.